The van der Waals surface area contributed by atoms with E-state index in [4.69, 9.17) is 0 Å². The van der Waals surface area contributed by atoms with Crippen molar-refractivity contribution in [3.8, 4) is 6.07 Å². The van der Waals surface area contributed by atoms with Gasteiger partial charge in [0.2, 0.25) is 0 Å². The predicted octanol–water partition coefficient (Wildman–Crippen LogP) is 0.144. The molecule has 2 aromatic heterocycles. The highest BCUT2D eigenvalue weighted by Crippen LogP contribution is 2.05. The summed E-state index contributed by atoms with van der Waals surface area (Å²) in [5.41, 5.74) is 0.844. The van der Waals surface area contributed by atoms with Crippen molar-refractivity contribution in [1.82, 2.24) is 9.38 Å². The van der Waals surface area contributed by atoms with Gasteiger partial charge in [-0.3, -0.25) is 9.59 Å². The van der Waals surface area contributed by atoms with E-state index >= 15 is 0 Å². The summed E-state index contributed by atoms with van der Waals surface area (Å²) in [6, 6.07) is 3.22. The van der Waals surface area contributed by atoms with E-state index in [1.165, 1.54) is 12.3 Å². The molecule has 0 aliphatic heterocycles. The maximum atomic E-state index is 12.3. The monoisotopic (exact) mass is 241 g/mol. The van der Waals surface area contributed by atoms with Crippen LogP contribution in [0.3, 0.4) is 0 Å². The molecule has 0 aliphatic carbocycles. The van der Waals surface area contributed by atoms with Gasteiger partial charge in [-0.05, 0) is 26.3 Å². The van der Waals surface area contributed by atoms with Crippen LogP contribution >= 0.6 is 0 Å². The first kappa shape index (κ1) is 12.0. The third-order valence-corrected chi connectivity index (χ3v) is 2.85. The molecule has 2 rings (SSSR count). The Balaban J connectivity index is 3.37. The van der Waals surface area contributed by atoms with Crippen molar-refractivity contribution in [3.05, 3.63) is 49.3 Å². The van der Waals surface area contributed by atoms with E-state index in [-0.39, 0.29) is 11.2 Å². The maximum Gasteiger partial charge on any atom is 0.266 e. The highest BCUT2D eigenvalue weighted by atomic mass is 16.2. The third kappa shape index (κ3) is 1.51. The topological polar surface area (TPSA) is 75.2 Å². The van der Waals surface area contributed by atoms with Crippen LogP contribution < -0.4 is 16.3 Å². The zero-order valence-electron chi connectivity index (χ0n) is 10.3. The lowest BCUT2D eigenvalue weighted by molar-refractivity contribution is 0.969. The Morgan fingerprint density at radius 2 is 2.06 bits per heavy atom. The second kappa shape index (κ2) is 4.08. The maximum absolute atomic E-state index is 12.3. The Kier molecular flexibility index (Phi) is 2.71. The molecule has 0 saturated heterocycles. The lowest BCUT2D eigenvalue weighted by Crippen LogP contribution is -2.40. The van der Waals surface area contributed by atoms with Crippen molar-refractivity contribution in [2.75, 3.05) is 0 Å². The second-order valence-corrected chi connectivity index (χ2v) is 4.23. The van der Waals surface area contributed by atoms with E-state index in [2.05, 4.69) is 4.98 Å². The normalized spacial score (nSPS) is 10.3. The molecule has 90 valence electrons. The van der Waals surface area contributed by atoms with Gasteiger partial charge in [-0.2, -0.15) is 5.26 Å². The van der Waals surface area contributed by atoms with Crippen molar-refractivity contribution in [3.63, 3.8) is 0 Å². The molecule has 0 bridgehead atoms. The van der Waals surface area contributed by atoms with Gasteiger partial charge in [0.1, 0.15) is 6.07 Å². The second-order valence-electron chi connectivity index (χ2n) is 4.23. The summed E-state index contributed by atoms with van der Waals surface area (Å²) in [6.45, 7) is 5.25. The Labute approximate surface area is 103 Å². The molecular weight excluding hydrogens is 230 g/mol. The van der Waals surface area contributed by atoms with Crippen molar-refractivity contribution in [2.45, 2.75) is 20.8 Å². The molecule has 0 spiro atoms. The molecule has 18 heavy (non-hydrogen) atoms. The molecule has 0 saturated carbocycles. The zero-order chi connectivity index (χ0) is 13.4. The first-order valence-corrected chi connectivity index (χ1v) is 5.41. The van der Waals surface area contributed by atoms with Crippen LogP contribution in [0, 0.1) is 18.3 Å². The van der Waals surface area contributed by atoms with E-state index in [9.17, 15) is 14.9 Å². The van der Waals surface area contributed by atoms with E-state index in [1.807, 2.05) is 6.07 Å². The lowest BCUT2D eigenvalue weighted by atomic mass is 10.1. The van der Waals surface area contributed by atoms with Crippen LogP contribution in [0.5, 0.6) is 0 Å². The van der Waals surface area contributed by atoms with Crippen LogP contribution in [0.1, 0.15) is 25.0 Å². The molecule has 2 aromatic rings. The molecule has 0 unspecified atom stereocenters. The van der Waals surface area contributed by atoms with E-state index in [0.29, 0.717) is 10.8 Å². The molecule has 0 N–H and O–H groups in total. The van der Waals surface area contributed by atoms with Gasteiger partial charge in [-0.25, -0.2) is 9.38 Å². The molecule has 5 heteroatoms. The molecule has 0 fully saturated rings. The first-order valence-electron chi connectivity index (χ1n) is 5.41. The van der Waals surface area contributed by atoms with Gasteiger partial charge < -0.3 is 0 Å². The summed E-state index contributed by atoms with van der Waals surface area (Å²) in [7, 11) is 0. The minimum atomic E-state index is -0.469. The fourth-order valence-corrected chi connectivity index (χ4v) is 2.07. The van der Waals surface area contributed by atoms with Gasteiger partial charge in [0, 0.05) is 17.5 Å². The highest BCUT2D eigenvalue weighted by Gasteiger charge is 2.13. The van der Waals surface area contributed by atoms with E-state index in [1.54, 1.807) is 20.8 Å². The van der Waals surface area contributed by atoms with Gasteiger partial charge in [-0.1, -0.05) is 5.57 Å². The van der Waals surface area contributed by atoms with Gasteiger partial charge in [0.05, 0.1) is 5.56 Å². The fraction of sp³-hybridized carbons (Fsp3) is 0.231. The lowest BCUT2D eigenvalue weighted by Gasteiger charge is -2.05. The van der Waals surface area contributed by atoms with Gasteiger partial charge in [0.15, 0.2) is 5.65 Å². The van der Waals surface area contributed by atoms with Crippen molar-refractivity contribution in [2.24, 2.45) is 0 Å². The smallest absolute Gasteiger partial charge is 0.266 e. The van der Waals surface area contributed by atoms with Crippen LogP contribution in [0.15, 0.2) is 21.9 Å². The number of nitrogens with zero attached hydrogens (tertiary/aromatic N) is 3. The summed E-state index contributed by atoms with van der Waals surface area (Å²) in [6.07, 6.45) is 1.31. The van der Waals surface area contributed by atoms with E-state index < -0.39 is 11.1 Å². The minimum absolute atomic E-state index is 0.123. The number of nitriles is 1. The summed E-state index contributed by atoms with van der Waals surface area (Å²) in [4.78, 5) is 28.0. The third-order valence-electron chi connectivity index (χ3n) is 2.85. The van der Waals surface area contributed by atoms with Crippen molar-refractivity contribution < 1.29 is 0 Å². The van der Waals surface area contributed by atoms with Gasteiger partial charge in [0.25, 0.3) is 11.1 Å². The number of aromatic nitrogens is 2. The number of pyridine rings is 1. The quantitative estimate of drug-likeness (QED) is 0.657. The Bertz CT molecular complexity index is 853. The van der Waals surface area contributed by atoms with Gasteiger partial charge in [-0.15, -0.1) is 0 Å². The first-order chi connectivity index (χ1) is 8.49. The molecule has 0 radical (unpaired) electrons. The standard InChI is InChI=1S/C13H11N3O2/c1-7(2)11-8(3)9(6-14)12-15-5-4-10(17)16(12)13(11)18/h4-5H,1-3H3. The summed E-state index contributed by atoms with van der Waals surface area (Å²) in [5.74, 6) is 0. The number of fused-ring (bicyclic) bond motifs is 1. The molecule has 5 nitrogen and oxygen atoms in total. The average Bonchev–Trinajstić information content (AvgIpc) is 2.28. The minimum Gasteiger partial charge on any atom is -0.269 e. The van der Waals surface area contributed by atoms with Crippen molar-refractivity contribution >= 4 is 11.2 Å². The van der Waals surface area contributed by atoms with Crippen molar-refractivity contribution in [1.29, 1.82) is 5.26 Å². The van der Waals surface area contributed by atoms with Crippen LogP contribution in [0.4, 0.5) is 0 Å². The molecule has 0 aliphatic rings. The van der Waals surface area contributed by atoms with Crippen LogP contribution in [-0.2, 0) is 0 Å². The number of rotatable bonds is 0. The Morgan fingerprint density at radius 1 is 1.39 bits per heavy atom. The molecule has 0 amide bonds. The summed E-state index contributed by atoms with van der Waals surface area (Å²) in [5, 5.41) is 9.60. The average molecular weight is 241 g/mol. The fourth-order valence-electron chi connectivity index (χ4n) is 2.07. The largest absolute Gasteiger partial charge is 0.269 e. The highest BCUT2D eigenvalue weighted by molar-refractivity contribution is 5.60. The Hall–Kier alpha value is -2.48. The SMILES string of the molecule is CC(C)=c1c(C)c(C#N)c2nccc(=O)n2c1=O. The van der Waals surface area contributed by atoms with E-state index in [0.717, 1.165) is 9.97 Å². The zero-order valence-corrected chi connectivity index (χ0v) is 10.3. The molecule has 0 atom stereocenters. The van der Waals surface area contributed by atoms with Crippen LogP contribution in [-0.4, -0.2) is 9.38 Å². The number of hydrogen-bond acceptors (Lipinski definition) is 4. The molecule has 2 heterocycles. The van der Waals surface area contributed by atoms with Gasteiger partial charge >= 0.3 is 0 Å². The Morgan fingerprint density at radius 3 is 2.61 bits per heavy atom. The molecule has 0 aromatic carbocycles. The number of hydrogen-bond donors (Lipinski definition) is 0. The van der Waals surface area contributed by atoms with Crippen LogP contribution in [0.25, 0.3) is 11.2 Å². The van der Waals surface area contributed by atoms with Crippen LogP contribution in [0.2, 0.25) is 0 Å². The molecular formula is C13H11N3O2. The predicted molar refractivity (Wildman–Crippen MR) is 67.2 cm³/mol. The summed E-state index contributed by atoms with van der Waals surface area (Å²) < 4.78 is 0.952. The summed E-state index contributed by atoms with van der Waals surface area (Å²) >= 11 is 0.